The zero-order valence-electron chi connectivity index (χ0n) is 19.2. The number of carboxylic acid groups (broad SMARTS) is 1. The van der Waals surface area contributed by atoms with Crippen LogP contribution in [0.25, 0.3) is 5.57 Å². The molecule has 0 heterocycles. The molecule has 0 saturated carbocycles. The predicted molar refractivity (Wildman–Crippen MR) is 126 cm³/mol. The molecule has 0 spiro atoms. The van der Waals surface area contributed by atoms with Gasteiger partial charge in [-0.2, -0.15) is 0 Å². The minimum absolute atomic E-state index is 0.102. The largest absolute Gasteiger partial charge is 0.545 e. The average Bonchev–Trinajstić information content (AvgIpc) is 2.71. The summed E-state index contributed by atoms with van der Waals surface area (Å²) in [5, 5.41) is 10.9. The standard InChI is InChI=1S/C29H32O2/c1-28(2,3)24-18-16-22(17-19-24)25-10-8-20-29(4,5)26(25)11-7-6-9-21-12-14-23(15-13-21)27(30)31/h7,11-19H,8,10,20H2,1-5H3,(H,30,31)/p-1/b11-7+. The van der Waals surface area contributed by atoms with Crippen LogP contribution in [-0.2, 0) is 5.41 Å². The minimum Gasteiger partial charge on any atom is -0.545 e. The first-order chi connectivity index (χ1) is 14.6. The second-order valence-corrected chi connectivity index (χ2v) is 9.92. The van der Waals surface area contributed by atoms with E-state index in [9.17, 15) is 9.90 Å². The molecule has 0 fully saturated rings. The molecule has 0 aliphatic heterocycles. The number of benzene rings is 2. The molecule has 2 heteroatoms. The molecule has 0 aromatic heterocycles. The first kappa shape index (κ1) is 22.6. The van der Waals surface area contributed by atoms with E-state index in [-0.39, 0.29) is 16.4 Å². The first-order valence-electron chi connectivity index (χ1n) is 10.9. The van der Waals surface area contributed by atoms with E-state index >= 15 is 0 Å². The lowest BCUT2D eigenvalue weighted by Gasteiger charge is -2.34. The number of rotatable bonds is 3. The highest BCUT2D eigenvalue weighted by Gasteiger charge is 2.28. The second-order valence-electron chi connectivity index (χ2n) is 9.92. The Hall–Kier alpha value is -3.05. The average molecular weight is 412 g/mol. The topological polar surface area (TPSA) is 40.1 Å². The van der Waals surface area contributed by atoms with Gasteiger partial charge in [-0.1, -0.05) is 82.9 Å². The number of allylic oxidation sites excluding steroid dienone is 4. The molecule has 0 saturated heterocycles. The highest BCUT2D eigenvalue weighted by Crippen LogP contribution is 2.44. The molecule has 31 heavy (non-hydrogen) atoms. The molecule has 3 rings (SSSR count). The summed E-state index contributed by atoms with van der Waals surface area (Å²) in [6.45, 7) is 11.3. The molecule has 2 nitrogen and oxygen atoms in total. The fourth-order valence-corrected chi connectivity index (χ4v) is 4.12. The molecular weight excluding hydrogens is 380 g/mol. The quantitative estimate of drug-likeness (QED) is 0.588. The zero-order valence-corrected chi connectivity index (χ0v) is 19.2. The normalized spacial score (nSPS) is 16.2. The van der Waals surface area contributed by atoms with Crippen molar-refractivity contribution in [2.45, 2.75) is 59.3 Å². The fourth-order valence-electron chi connectivity index (χ4n) is 4.12. The van der Waals surface area contributed by atoms with Crippen molar-refractivity contribution in [3.63, 3.8) is 0 Å². The number of carboxylic acids is 1. The Morgan fingerprint density at radius 2 is 1.68 bits per heavy atom. The number of carbonyl (C=O) groups excluding carboxylic acids is 1. The highest BCUT2D eigenvalue weighted by atomic mass is 16.4. The van der Waals surface area contributed by atoms with Crippen molar-refractivity contribution in [3.05, 3.63) is 88.5 Å². The Kier molecular flexibility index (Phi) is 6.56. The minimum atomic E-state index is -1.17. The van der Waals surface area contributed by atoms with Crippen LogP contribution in [0, 0.1) is 17.3 Å². The summed E-state index contributed by atoms with van der Waals surface area (Å²) in [7, 11) is 0. The maximum Gasteiger partial charge on any atom is 0.0715 e. The lowest BCUT2D eigenvalue weighted by molar-refractivity contribution is -0.255. The first-order valence-corrected chi connectivity index (χ1v) is 10.9. The van der Waals surface area contributed by atoms with Crippen LogP contribution >= 0.6 is 0 Å². The Bertz CT molecular complexity index is 1060. The number of hydrogen-bond donors (Lipinski definition) is 0. The van der Waals surface area contributed by atoms with Gasteiger partial charge in [-0.15, -0.1) is 0 Å². The van der Waals surface area contributed by atoms with Gasteiger partial charge in [0.15, 0.2) is 0 Å². The van der Waals surface area contributed by atoms with Crippen LogP contribution in [0.2, 0.25) is 0 Å². The van der Waals surface area contributed by atoms with Crippen molar-refractivity contribution in [2.24, 2.45) is 5.41 Å². The van der Waals surface area contributed by atoms with Crippen LogP contribution in [0.1, 0.15) is 80.9 Å². The van der Waals surface area contributed by atoms with E-state index < -0.39 is 5.97 Å². The molecule has 0 unspecified atom stereocenters. The Labute approximate surface area is 186 Å². The molecule has 0 N–H and O–H groups in total. The highest BCUT2D eigenvalue weighted by molar-refractivity contribution is 5.85. The SMILES string of the molecule is CC1(C)CCCC(c2ccc(C(C)(C)C)cc2)=C1/C=C/C#Cc1ccc(C(=O)[O-])cc1. The third-order valence-corrected chi connectivity index (χ3v) is 6.05. The number of carbonyl (C=O) groups is 1. The van der Waals surface area contributed by atoms with Gasteiger partial charge >= 0.3 is 0 Å². The molecule has 0 atom stereocenters. The van der Waals surface area contributed by atoms with E-state index in [1.807, 2.05) is 6.08 Å². The number of hydrogen-bond acceptors (Lipinski definition) is 2. The maximum absolute atomic E-state index is 10.9. The lowest BCUT2D eigenvalue weighted by atomic mass is 9.71. The van der Waals surface area contributed by atoms with Gasteiger partial charge in [0.05, 0.1) is 5.97 Å². The lowest BCUT2D eigenvalue weighted by Crippen LogP contribution is -2.21. The van der Waals surface area contributed by atoms with Gasteiger partial charge in [0.2, 0.25) is 0 Å². The molecule has 0 radical (unpaired) electrons. The van der Waals surface area contributed by atoms with Crippen molar-refractivity contribution in [1.29, 1.82) is 0 Å². The summed E-state index contributed by atoms with van der Waals surface area (Å²) in [6.07, 6.45) is 7.51. The van der Waals surface area contributed by atoms with Gasteiger partial charge in [-0.3, -0.25) is 0 Å². The molecule has 2 aromatic carbocycles. The van der Waals surface area contributed by atoms with Crippen molar-refractivity contribution >= 4 is 11.5 Å². The van der Waals surface area contributed by atoms with Gasteiger partial charge in [0, 0.05) is 5.56 Å². The van der Waals surface area contributed by atoms with Gasteiger partial charge in [0.25, 0.3) is 0 Å². The molecule has 1 aliphatic carbocycles. The molecule has 0 amide bonds. The van der Waals surface area contributed by atoms with Gasteiger partial charge in [-0.05, 0) is 82.2 Å². The third kappa shape index (κ3) is 5.56. The van der Waals surface area contributed by atoms with E-state index in [2.05, 4.69) is 76.8 Å². The Morgan fingerprint density at radius 3 is 2.26 bits per heavy atom. The molecule has 0 bridgehead atoms. The number of aromatic carboxylic acids is 1. The summed E-state index contributed by atoms with van der Waals surface area (Å²) in [5.74, 6) is 5.02. The Morgan fingerprint density at radius 1 is 1.03 bits per heavy atom. The smallest absolute Gasteiger partial charge is 0.0715 e. The third-order valence-electron chi connectivity index (χ3n) is 6.05. The summed E-state index contributed by atoms with van der Waals surface area (Å²) in [6, 6.07) is 15.5. The van der Waals surface area contributed by atoms with Crippen molar-refractivity contribution < 1.29 is 9.90 Å². The van der Waals surface area contributed by atoms with Gasteiger partial charge in [0.1, 0.15) is 0 Å². The van der Waals surface area contributed by atoms with Crippen LogP contribution in [0.4, 0.5) is 0 Å². The summed E-state index contributed by atoms with van der Waals surface area (Å²) in [5.41, 5.74) is 6.60. The van der Waals surface area contributed by atoms with Gasteiger partial charge in [-0.25, -0.2) is 0 Å². The summed E-state index contributed by atoms with van der Waals surface area (Å²) in [4.78, 5) is 10.9. The van der Waals surface area contributed by atoms with Crippen LogP contribution in [0.15, 0.2) is 66.3 Å². The monoisotopic (exact) mass is 411 g/mol. The van der Waals surface area contributed by atoms with Crippen molar-refractivity contribution in [1.82, 2.24) is 0 Å². The van der Waals surface area contributed by atoms with E-state index in [1.165, 1.54) is 40.8 Å². The molecule has 1 aliphatic rings. The van der Waals surface area contributed by atoms with Crippen LogP contribution in [0.5, 0.6) is 0 Å². The fraction of sp³-hybridized carbons (Fsp3) is 0.345. The van der Waals surface area contributed by atoms with Crippen molar-refractivity contribution in [3.8, 4) is 11.8 Å². The molecule has 2 aromatic rings. The molecular formula is C29H31O2-. The van der Waals surface area contributed by atoms with E-state index in [1.54, 1.807) is 12.1 Å². The zero-order chi connectivity index (χ0) is 22.6. The van der Waals surface area contributed by atoms with Crippen LogP contribution < -0.4 is 5.11 Å². The van der Waals surface area contributed by atoms with Crippen LogP contribution in [-0.4, -0.2) is 5.97 Å². The Balaban J connectivity index is 1.89. The second kappa shape index (κ2) is 8.98. The van der Waals surface area contributed by atoms with Crippen molar-refractivity contribution in [2.75, 3.05) is 0 Å². The van der Waals surface area contributed by atoms with E-state index in [4.69, 9.17) is 0 Å². The summed E-state index contributed by atoms with van der Waals surface area (Å²) < 4.78 is 0. The van der Waals surface area contributed by atoms with Crippen LogP contribution in [0.3, 0.4) is 0 Å². The van der Waals surface area contributed by atoms with E-state index in [0.717, 1.165) is 18.4 Å². The maximum atomic E-state index is 10.9. The summed E-state index contributed by atoms with van der Waals surface area (Å²) >= 11 is 0. The van der Waals surface area contributed by atoms with E-state index in [0.29, 0.717) is 0 Å². The predicted octanol–water partition coefficient (Wildman–Crippen LogP) is 5.92. The molecule has 160 valence electrons. The van der Waals surface area contributed by atoms with Gasteiger partial charge < -0.3 is 9.90 Å².